The molecule has 0 aliphatic heterocycles. The second-order valence-corrected chi connectivity index (χ2v) is 5.12. The molecule has 0 spiro atoms. The number of aryl methyl sites for hydroxylation is 1. The second-order valence-electron chi connectivity index (χ2n) is 5.12. The lowest BCUT2D eigenvalue weighted by molar-refractivity contribution is 0.398. The fourth-order valence-corrected chi connectivity index (χ4v) is 2.99. The Hall–Kier alpha value is -2.16. The van der Waals surface area contributed by atoms with Crippen LogP contribution in [0.2, 0.25) is 0 Å². The molecule has 3 N–H and O–H groups in total. The molecule has 0 radical (unpaired) electrons. The van der Waals surface area contributed by atoms with Gasteiger partial charge in [-0.2, -0.15) is 0 Å². The molecule has 112 valence electrons. The van der Waals surface area contributed by atoms with E-state index in [0.717, 1.165) is 30.4 Å². The van der Waals surface area contributed by atoms with Crippen molar-refractivity contribution in [3.8, 4) is 28.4 Å². The van der Waals surface area contributed by atoms with Crippen molar-refractivity contribution in [1.82, 2.24) is 0 Å². The standard InChI is InChI=1S/C18H22O3/c1-4-11-7-8-14(13(6-3)12(11)5-2)17-15(19)9-10-16(20)18(17)21/h7-10,19-21H,4-6H2,1-3H3. The van der Waals surface area contributed by atoms with Crippen molar-refractivity contribution < 1.29 is 15.3 Å². The van der Waals surface area contributed by atoms with E-state index in [2.05, 4.69) is 20.8 Å². The van der Waals surface area contributed by atoms with Gasteiger partial charge in [0.05, 0.1) is 5.56 Å². The average molecular weight is 286 g/mol. The number of rotatable bonds is 4. The quantitative estimate of drug-likeness (QED) is 0.584. The van der Waals surface area contributed by atoms with E-state index in [9.17, 15) is 15.3 Å². The number of benzene rings is 2. The lowest BCUT2D eigenvalue weighted by Crippen LogP contribution is -2.00. The molecular weight excluding hydrogens is 264 g/mol. The van der Waals surface area contributed by atoms with Gasteiger partial charge in [0.2, 0.25) is 0 Å². The summed E-state index contributed by atoms with van der Waals surface area (Å²) in [6, 6.07) is 6.66. The van der Waals surface area contributed by atoms with Crippen molar-refractivity contribution in [2.75, 3.05) is 0 Å². The molecule has 0 bridgehead atoms. The highest BCUT2D eigenvalue weighted by atomic mass is 16.3. The fraction of sp³-hybridized carbons (Fsp3) is 0.333. The van der Waals surface area contributed by atoms with Gasteiger partial charge in [-0.05, 0) is 53.6 Å². The minimum absolute atomic E-state index is 0.0219. The van der Waals surface area contributed by atoms with Crippen LogP contribution in [0.4, 0.5) is 0 Å². The van der Waals surface area contributed by atoms with E-state index in [4.69, 9.17) is 0 Å². The minimum Gasteiger partial charge on any atom is -0.507 e. The zero-order valence-electron chi connectivity index (χ0n) is 12.8. The molecule has 0 saturated carbocycles. The van der Waals surface area contributed by atoms with Crippen molar-refractivity contribution >= 4 is 0 Å². The molecule has 0 atom stereocenters. The van der Waals surface area contributed by atoms with Crippen LogP contribution in [0.25, 0.3) is 11.1 Å². The highest BCUT2D eigenvalue weighted by Gasteiger charge is 2.19. The maximum absolute atomic E-state index is 10.1. The highest BCUT2D eigenvalue weighted by Crippen LogP contribution is 2.45. The summed E-state index contributed by atoms with van der Waals surface area (Å²) in [5.74, 6) is -0.509. The van der Waals surface area contributed by atoms with Gasteiger partial charge in [0.25, 0.3) is 0 Å². The van der Waals surface area contributed by atoms with E-state index in [1.54, 1.807) is 0 Å². The van der Waals surface area contributed by atoms with Crippen LogP contribution in [-0.4, -0.2) is 15.3 Å². The predicted molar refractivity (Wildman–Crippen MR) is 85.0 cm³/mol. The van der Waals surface area contributed by atoms with Gasteiger partial charge >= 0.3 is 0 Å². The van der Waals surface area contributed by atoms with Gasteiger partial charge in [0.15, 0.2) is 11.5 Å². The summed E-state index contributed by atoms with van der Waals surface area (Å²) < 4.78 is 0. The zero-order chi connectivity index (χ0) is 15.6. The SMILES string of the molecule is CCc1ccc(-c2c(O)ccc(O)c2O)c(CC)c1CC. The largest absolute Gasteiger partial charge is 0.507 e. The van der Waals surface area contributed by atoms with Gasteiger partial charge < -0.3 is 15.3 Å². The molecule has 3 nitrogen and oxygen atoms in total. The predicted octanol–water partition coefficient (Wildman–Crippen LogP) is 4.16. The average Bonchev–Trinajstić information content (AvgIpc) is 2.50. The van der Waals surface area contributed by atoms with Gasteiger partial charge in [0, 0.05) is 0 Å². The molecule has 0 unspecified atom stereocenters. The topological polar surface area (TPSA) is 60.7 Å². The summed E-state index contributed by atoms with van der Waals surface area (Å²) in [5.41, 5.74) is 4.77. The minimum atomic E-state index is -0.268. The Morgan fingerprint density at radius 3 is 1.90 bits per heavy atom. The van der Waals surface area contributed by atoms with Crippen molar-refractivity contribution in [3.05, 3.63) is 41.0 Å². The molecule has 0 fully saturated rings. The molecule has 2 rings (SSSR count). The van der Waals surface area contributed by atoms with Gasteiger partial charge in [0.1, 0.15) is 5.75 Å². The highest BCUT2D eigenvalue weighted by molar-refractivity contribution is 5.82. The van der Waals surface area contributed by atoms with Gasteiger partial charge in [-0.15, -0.1) is 0 Å². The number of aromatic hydroxyl groups is 3. The zero-order valence-corrected chi connectivity index (χ0v) is 12.8. The molecule has 0 saturated heterocycles. The molecular formula is C18H22O3. The third kappa shape index (κ3) is 2.56. The molecule has 0 aliphatic carbocycles. The normalized spacial score (nSPS) is 10.8. The Bertz CT molecular complexity index is 660. The summed E-state index contributed by atoms with van der Waals surface area (Å²) in [4.78, 5) is 0. The van der Waals surface area contributed by atoms with E-state index < -0.39 is 0 Å². The Balaban J connectivity index is 2.79. The number of phenols is 3. The van der Waals surface area contributed by atoms with E-state index in [1.807, 2.05) is 12.1 Å². The summed E-state index contributed by atoms with van der Waals surface area (Å²) >= 11 is 0. The Kier molecular flexibility index (Phi) is 4.41. The summed E-state index contributed by atoms with van der Waals surface area (Å²) in [6.07, 6.45) is 2.66. The molecule has 0 aliphatic rings. The van der Waals surface area contributed by atoms with Crippen LogP contribution >= 0.6 is 0 Å². The van der Waals surface area contributed by atoms with E-state index in [0.29, 0.717) is 5.56 Å². The summed E-state index contributed by atoms with van der Waals surface area (Å²) in [5, 5.41) is 30.0. The third-order valence-electron chi connectivity index (χ3n) is 4.02. The molecule has 0 aromatic heterocycles. The maximum Gasteiger partial charge on any atom is 0.169 e. The van der Waals surface area contributed by atoms with Crippen molar-refractivity contribution in [1.29, 1.82) is 0 Å². The molecule has 2 aromatic rings. The van der Waals surface area contributed by atoms with Crippen molar-refractivity contribution in [2.45, 2.75) is 40.0 Å². The second kappa shape index (κ2) is 6.08. The van der Waals surface area contributed by atoms with E-state index >= 15 is 0 Å². The first-order chi connectivity index (χ1) is 10.0. The molecule has 0 amide bonds. The van der Waals surface area contributed by atoms with Crippen LogP contribution in [0.1, 0.15) is 37.5 Å². The molecule has 3 heteroatoms. The number of phenolic OH excluding ortho intramolecular Hbond substituents is 3. The van der Waals surface area contributed by atoms with Crippen LogP contribution in [0, 0.1) is 0 Å². The maximum atomic E-state index is 10.1. The summed E-state index contributed by atoms with van der Waals surface area (Å²) in [7, 11) is 0. The van der Waals surface area contributed by atoms with Crippen molar-refractivity contribution in [3.63, 3.8) is 0 Å². The van der Waals surface area contributed by atoms with E-state index in [-0.39, 0.29) is 17.2 Å². The molecule has 21 heavy (non-hydrogen) atoms. The van der Waals surface area contributed by atoms with Gasteiger partial charge in [-0.3, -0.25) is 0 Å². The van der Waals surface area contributed by atoms with Crippen LogP contribution < -0.4 is 0 Å². The first-order valence-corrected chi connectivity index (χ1v) is 7.42. The number of hydrogen-bond donors (Lipinski definition) is 3. The van der Waals surface area contributed by atoms with Gasteiger partial charge in [-0.1, -0.05) is 32.9 Å². The van der Waals surface area contributed by atoms with E-state index in [1.165, 1.54) is 23.3 Å². The Labute approximate surface area is 125 Å². The smallest absolute Gasteiger partial charge is 0.169 e. The Morgan fingerprint density at radius 2 is 1.33 bits per heavy atom. The first kappa shape index (κ1) is 15.2. The van der Waals surface area contributed by atoms with Crippen LogP contribution in [0.5, 0.6) is 17.2 Å². The lowest BCUT2D eigenvalue weighted by Gasteiger charge is -2.18. The first-order valence-electron chi connectivity index (χ1n) is 7.42. The van der Waals surface area contributed by atoms with Crippen molar-refractivity contribution in [2.24, 2.45) is 0 Å². The number of hydrogen-bond acceptors (Lipinski definition) is 3. The molecule has 2 aromatic carbocycles. The third-order valence-corrected chi connectivity index (χ3v) is 4.02. The van der Waals surface area contributed by atoms with Crippen LogP contribution in [-0.2, 0) is 19.3 Å². The fourth-order valence-electron chi connectivity index (χ4n) is 2.99. The van der Waals surface area contributed by atoms with Gasteiger partial charge in [-0.25, -0.2) is 0 Å². The van der Waals surface area contributed by atoms with Crippen LogP contribution in [0.3, 0.4) is 0 Å². The Morgan fingerprint density at radius 1 is 0.714 bits per heavy atom. The molecule has 0 heterocycles. The summed E-state index contributed by atoms with van der Waals surface area (Å²) in [6.45, 7) is 6.30. The monoisotopic (exact) mass is 286 g/mol. The lowest BCUT2D eigenvalue weighted by atomic mass is 9.88. The van der Waals surface area contributed by atoms with Crippen LogP contribution in [0.15, 0.2) is 24.3 Å².